The number of hydrogen-bond acceptors (Lipinski definition) is 10. The van der Waals surface area contributed by atoms with E-state index in [9.17, 15) is 44.7 Å². The van der Waals surface area contributed by atoms with E-state index in [4.69, 9.17) is 5.73 Å². The molecule has 12 nitrogen and oxygen atoms in total. The molecule has 0 aliphatic heterocycles. The minimum absolute atomic E-state index is 0. The minimum atomic E-state index is -2.99. The number of phenols is 1. The molecule has 0 bridgehead atoms. The standard InChI is InChI=1S/C25H28BrN3O9.BrH/c1-7-9-5-6-10(28-24(37)8(2)26)17(30)12(9)18(31)13-11(7)19(32)15-16(29(3)4)20(33)14(23(27)36)22(35)25(15,38)21(13)34;/h5-8,11,15-16,19,30-32,35,38H,1-4H3,(H2,27,36)(H,28,37);1H/t7?,8?,11?,15?,16-,19?,25-;/m0./s1. The number of likely N-dealkylation sites (N-methyl/N-ethyl adjacent to an activating group) is 1. The predicted octanol–water partition coefficient (Wildman–Crippen LogP) is 0.796. The second-order valence-electron chi connectivity index (χ2n) is 10.1. The summed E-state index contributed by atoms with van der Waals surface area (Å²) in [5.74, 6) is -10.3. The van der Waals surface area contributed by atoms with Crippen molar-refractivity contribution in [2.45, 2.75) is 42.3 Å². The number of halogens is 2. The van der Waals surface area contributed by atoms with Gasteiger partial charge in [0, 0.05) is 11.5 Å². The normalized spacial score (nSPS) is 30.7. The van der Waals surface area contributed by atoms with Gasteiger partial charge in [-0.15, -0.1) is 17.0 Å². The van der Waals surface area contributed by atoms with Crippen molar-refractivity contribution >= 4 is 67.7 Å². The fraction of sp³-hybridized carbons (Fsp3) is 0.440. The van der Waals surface area contributed by atoms with Gasteiger partial charge in [0.2, 0.25) is 11.7 Å². The number of anilines is 1. The van der Waals surface area contributed by atoms with Crippen LogP contribution < -0.4 is 11.1 Å². The van der Waals surface area contributed by atoms with Crippen LogP contribution in [0.1, 0.15) is 30.9 Å². The van der Waals surface area contributed by atoms with E-state index in [0.717, 1.165) is 0 Å². The number of nitrogens with zero attached hydrogens (tertiary/aromatic N) is 1. The van der Waals surface area contributed by atoms with E-state index in [1.165, 1.54) is 31.1 Å². The van der Waals surface area contributed by atoms with Crippen molar-refractivity contribution in [3.63, 3.8) is 0 Å². The molecule has 2 amide bonds. The second kappa shape index (κ2) is 10.3. The first-order chi connectivity index (χ1) is 17.6. The molecule has 212 valence electrons. The number of carbonyl (C=O) groups is 4. The lowest BCUT2D eigenvalue weighted by molar-refractivity contribution is -0.169. The molecule has 1 aromatic carbocycles. The van der Waals surface area contributed by atoms with Gasteiger partial charge in [0.15, 0.2) is 11.4 Å². The first-order valence-electron chi connectivity index (χ1n) is 11.7. The summed E-state index contributed by atoms with van der Waals surface area (Å²) in [6.07, 6.45) is -1.68. The van der Waals surface area contributed by atoms with Crippen LogP contribution in [0.4, 0.5) is 5.69 Å². The topological polar surface area (TPSA) is 211 Å². The zero-order valence-corrected chi connectivity index (χ0v) is 24.6. The number of nitrogens with one attached hydrogen (secondary N) is 1. The molecule has 1 fully saturated rings. The predicted molar refractivity (Wildman–Crippen MR) is 148 cm³/mol. The van der Waals surface area contributed by atoms with Crippen LogP contribution in [0.5, 0.6) is 5.75 Å². The van der Waals surface area contributed by atoms with E-state index in [0.29, 0.717) is 5.56 Å². The van der Waals surface area contributed by atoms with Crippen LogP contribution in [-0.2, 0) is 19.2 Å². The molecule has 0 spiro atoms. The zero-order chi connectivity index (χ0) is 28.6. The largest absolute Gasteiger partial charge is 0.508 e. The number of phenolic OH excluding ortho intramolecular Hbond substituents is 1. The van der Waals surface area contributed by atoms with E-state index < -0.39 is 92.1 Å². The van der Waals surface area contributed by atoms with Gasteiger partial charge < -0.3 is 36.6 Å². The molecule has 8 N–H and O–H groups in total. The second-order valence-corrected chi connectivity index (χ2v) is 11.5. The van der Waals surface area contributed by atoms with Crippen LogP contribution in [0.25, 0.3) is 5.76 Å². The molecular weight excluding hydrogens is 646 g/mol. The minimum Gasteiger partial charge on any atom is -0.508 e. The van der Waals surface area contributed by atoms with E-state index in [1.54, 1.807) is 13.8 Å². The summed E-state index contributed by atoms with van der Waals surface area (Å²) < 4.78 is 0. The Bertz CT molecular complexity index is 1360. The van der Waals surface area contributed by atoms with E-state index in [-0.39, 0.29) is 28.2 Å². The fourth-order valence-electron chi connectivity index (χ4n) is 5.95. The highest BCUT2D eigenvalue weighted by molar-refractivity contribution is 9.10. The number of aliphatic hydroxyl groups is 4. The lowest BCUT2D eigenvalue weighted by atomic mass is 9.54. The number of fused-ring (bicyclic) bond motifs is 3. The van der Waals surface area contributed by atoms with Gasteiger partial charge >= 0.3 is 0 Å². The Hall–Kier alpha value is -2.78. The third kappa shape index (κ3) is 4.20. The van der Waals surface area contributed by atoms with Crippen LogP contribution >= 0.6 is 32.9 Å². The Labute approximate surface area is 242 Å². The van der Waals surface area contributed by atoms with Gasteiger partial charge in [-0.05, 0) is 38.6 Å². The molecule has 0 saturated heterocycles. The Morgan fingerprint density at radius 3 is 2.28 bits per heavy atom. The molecule has 3 aliphatic carbocycles. The Balaban J connectivity index is 0.00000420. The summed E-state index contributed by atoms with van der Waals surface area (Å²) in [6, 6.07) is 1.49. The monoisotopic (exact) mass is 673 g/mol. The summed E-state index contributed by atoms with van der Waals surface area (Å²) in [5, 5.41) is 58.9. The van der Waals surface area contributed by atoms with Crippen LogP contribution in [0.15, 0.2) is 29.0 Å². The lowest BCUT2D eigenvalue weighted by Gasteiger charge is -2.53. The highest BCUT2D eigenvalue weighted by Crippen LogP contribution is 2.56. The van der Waals surface area contributed by atoms with Crippen LogP contribution in [0.3, 0.4) is 0 Å². The maximum atomic E-state index is 13.9. The highest BCUT2D eigenvalue weighted by atomic mass is 79.9. The smallest absolute Gasteiger partial charge is 0.255 e. The van der Waals surface area contributed by atoms with E-state index in [2.05, 4.69) is 21.2 Å². The third-order valence-corrected chi connectivity index (χ3v) is 8.16. The molecule has 4 rings (SSSR count). The van der Waals surface area contributed by atoms with Gasteiger partial charge in [-0.25, -0.2) is 0 Å². The van der Waals surface area contributed by atoms with Gasteiger partial charge in [-0.3, -0.25) is 24.1 Å². The highest BCUT2D eigenvalue weighted by Gasteiger charge is 2.68. The summed E-state index contributed by atoms with van der Waals surface area (Å²) in [7, 11) is 2.87. The number of amides is 2. The zero-order valence-electron chi connectivity index (χ0n) is 21.3. The van der Waals surface area contributed by atoms with E-state index >= 15 is 0 Å². The van der Waals surface area contributed by atoms with Crippen molar-refractivity contribution in [2.24, 2.45) is 17.6 Å². The molecular formula is C25H29Br2N3O9. The van der Waals surface area contributed by atoms with Crippen molar-refractivity contribution in [3.8, 4) is 5.75 Å². The molecule has 39 heavy (non-hydrogen) atoms. The van der Waals surface area contributed by atoms with Crippen molar-refractivity contribution in [1.82, 2.24) is 4.90 Å². The molecule has 0 aromatic heterocycles. The maximum Gasteiger partial charge on any atom is 0.255 e. The maximum absolute atomic E-state index is 13.9. The molecule has 1 aromatic rings. The average Bonchev–Trinajstić information content (AvgIpc) is 2.82. The van der Waals surface area contributed by atoms with Crippen LogP contribution in [0.2, 0.25) is 0 Å². The number of aromatic hydroxyl groups is 1. The summed E-state index contributed by atoms with van der Waals surface area (Å²) in [6.45, 7) is 3.18. The summed E-state index contributed by atoms with van der Waals surface area (Å²) >= 11 is 3.12. The molecule has 1 saturated carbocycles. The molecule has 7 atom stereocenters. The van der Waals surface area contributed by atoms with Crippen molar-refractivity contribution < 1.29 is 44.7 Å². The number of nitrogens with two attached hydrogens (primary N) is 1. The first-order valence-corrected chi connectivity index (χ1v) is 12.6. The van der Waals surface area contributed by atoms with Gasteiger partial charge in [0.25, 0.3) is 5.91 Å². The number of alkyl halides is 1. The van der Waals surface area contributed by atoms with E-state index in [1.807, 2.05) is 0 Å². The molecule has 0 heterocycles. The van der Waals surface area contributed by atoms with Crippen molar-refractivity contribution in [2.75, 3.05) is 19.4 Å². The fourth-order valence-corrected chi connectivity index (χ4v) is 6.06. The van der Waals surface area contributed by atoms with Crippen molar-refractivity contribution in [3.05, 3.63) is 40.2 Å². The Kier molecular flexibility index (Phi) is 8.14. The van der Waals surface area contributed by atoms with Gasteiger partial charge in [-0.2, -0.15) is 0 Å². The SMILES string of the molecule is Br.CC(Br)C(=O)Nc1ccc2c(c1O)C(O)=C1C(=O)[C@]3(O)C(O)=C(C(N)=O)C(=O)[C@@H](N(C)C)C3C(O)C1C2C. The number of hydrogen-bond donors (Lipinski definition) is 7. The van der Waals surface area contributed by atoms with Crippen molar-refractivity contribution in [1.29, 1.82) is 0 Å². The average molecular weight is 675 g/mol. The molecule has 0 radical (unpaired) electrons. The Morgan fingerprint density at radius 1 is 1.18 bits per heavy atom. The number of ketones is 2. The van der Waals surface area contributed by atoms with Gasteiger partial charge in [0.05, 0.1) is 34.1 Å². The number of Topliss-reactive ketones (excluding diaryl/α,β-unsaturated/α-hetero) is 2. The third-order valence-electron chi connectivity index (χ3n) is 7.75. The molecule has 14 heteroatoms. The Morgan fingerprint density at radius 2 is 1.77 bits per heavy atom. The summed E-state index contributed by atoms with van der Waals surface area (Å²) in [5.41, 5.74) is 0.879. The van der Waals surface area contributed by atoms with Gasteiger partial charge in [-0.1, -0.05) is 28.9 Å². The number of aliphatic hydroxyl groups excluding tert-OH is 3. The quantitative estimate of drug-likeness (QED) is 0.136. The molecule has 3 aliphatic rings. The number of carbonyl (C=O) groups excluding carboxylic acids is 4. The van der Waals surface area contributed by atoms with Crippen LogP contribution in [-0.4, -0.2) is 90.5 Å². The summed E-state index contributed by atoms with van der Waals surface area (Å²) in [4.78, 5) is 52.0. The lowest BCUT2D eigenvalue weighted by Crippen LogP contribution is -2.70. The number of benzene rings is 1. The molecule has 5 unspecified atom stereocenters. The van der Waals surface area contributed by atoms with Gasteiger partial charge in [0.1, 0.15) is 22.8 Å². The number of primary amides is 1. The first kappa shape index (κ1) is 30.8. The number of rotatable bonds is 4. The van der Waals surface area contributed by atoms with Crippen LogP contribution in [0, 0.1) is 11.8 Å².